The van der Waals surface area contributed by atoms with E-state index in [-0.39, 0.29) is 5.41 Å². The fraction of sp³-hybridized carbons (Fsp3) is 0.448. The number of nitrogens with zero attached hydrogens (tertiary/aromatic N) is 3. The molecule has 5 rings (SSSR count). The van der Waals surface area contributed by atoms with Gasteiger partial charge in [0.05, 0.1) is 17.2 Å². The second kappa shape index (κ2) is 8.71. The number of rotatable bonds is 6. The highest BCUT2D eigenvalue weighted by Crippen LogP contribution is 2.48. The Kier molecular flexibility index (Phi) is 5.74. The van der Waals surface area contributed by atoms with E-state index < -0.39 is 0 Å². The molecule has 2 fully saturated rings. The molecule has 0 atom stereocenters. The molecule has 4 nitrogen and oxygen atoms in total. The summed E-state index contributed by atoms with van der Waals surface area (Å²) >= 11 is 0. The smallest absolute Gasteiger partial charge is 0.141 e. The van der Waals surface area contributed by atoms with Gasteiger partial charge in [-0.3, -0.25) is 0 Å². The number of aryl methyl sites for hydroxylation is 3. The van der Waals surface area contributed by atoms with Gasteiger partial charge < -0.3 is 9.42 Å². The molecule has 1 heterocycles. The maximum atomic E-state index is 9.61. The van der Waals surface area contributed by atoms with E-state index >= 15 is 0 Å². The average molecular weight is 440 g/mol. The minimum absolute atomic E-state index is 0.244. The number of benzene rings is 2. The third-order valence-electron chi connectivity index (χ3n) is 7.68. The van der Waals surface area contributed by atoms with Crippen LogP contribution in [0.5, 0.6) is 0 Å². The molecule has 0 radical (unpaired) electrons. The standard InChI is InChI=1S/C29H33N3O/c1-20-9-10-24(28-21(2)31-33-22(28)3)17-27(20)32(18-23-7-5-4-6-8-23)26-13-11-25(12-14-26)29(19-30)15-16-29/h9-14,17,23H,4-8,15-16,18H2,1-3H3. The van der Waals surface area contributed by atoms with Gasteiger partial charge in [0.2, 0.25) is 0 Å². The minimum atomic E-state index is -0.244. The van der Waals surface area contributed by atoms with Crippen molar-refractivity contribution in [1.29, 1.82) is 5.26 Å². The Bertz CT molecular complexity index is 1160. The summed E-state index contributed by atoms with van der Waals surface area (Å²) in [6, 6.07) is 18.0. The fourth-order valence-corrected chi connectivity index (χ4v) is 5.47. The number of nitriles is 1. The van der Waals surface area contributed by atoms with Crippen LogP contribution in [0.2, 0.25) is 0 Å². The molecule has 1 aromatic heterocycles. The van der Waals surface area contributed by atoms with Crippen LogP contribution in [0.3, 0.4) is 0 Å². The predicted molar refractivity (Wildman–Crippen MR) is 133 cm³/mol. The number of aromatic nitrogens is 1. The lowest BCUT2D eigenvalue weighted by molar-refractivity contribution is 0.365. The minimum Gasteiger partial charge on any atom is -0.361 e. The number of hydrogen-bond acceptors (Lipinski definition) is 4. The van der Waals surface area contributed by atoms with Crippen molar-refractivity contribution in [3.63, 3.8) is 0 Å². The molecule has 170 valence electrons. The molecular weight excluding hydrogens is 406 g/mol. The van der Waals surface area contributed by atoms with E-state index in [1.54, 1.807) is 0 Å². The van der Waals surface area contributed by atoms with Crippen molar-refractivity contribution in [1.82, 2.24) is 5.16 Å². The van der Waals surface area contributed by atoms with E-state index in [2.05, 4.69) is 65.5 Å². The van der Waals surface area contributed by atoms with Crippen molar-refractivity contribution in [3.8, 4) is 17.2 Å². The molecule has 0 amide bonds. The summed E-state index contributed by atoms with van der Waals surface area (Å²) in [6.07, 6.45) is 8.59. The summed E-state index contributed by atoms with van der Waals surface area (Å²) in [5.74, 6) is 1.56. The van der Waals surface area contributed by atoms with E-state index in [0.717, 1.165) is 47.5 Å². The number of hydrogen-bond donors (Lipinski definition) is 0. The van der Waals surface area contributed by atoms with E-state index in [0.29, 0.717) is 5.92 Å². The largest absolute Gasteiger partial charge is 0.361 e. The molecule has 2 saturated carbocycles. The molecule has 3 aromatic rings. The fourth-order valence-electron chi connectivity index (χ4n) is 5.47. The summed E-state index contributed by atoms with van der Waals surface area (Å²) in [7, 11) is 0. The molecule has 33 heavy (non-hydrogen) atoms. The van der Waals surface area contributed by atoms with Gasteiger partial charge >= 0.3 is 0 Å². The van der Waals surface area contributed by atoms with Crippen LogP contribution in [-0.2, 0) is 5.41 Å². The monoisotopic (exact) mass is 439 g/mol. The second-order valence-electron chi connectivity index (χ2n) is 10.1. The third-order valence-corrected chi connectivity index (χ3v) is 7.68. The van der Waals surface area contributed by atoms with Crippen molar-refractivity contribution in [2.75, 3.05) is 11.4 Å². The first-order chi connectivity index (χ1) is 16.0. The van der Waals surface area contributed by atoms with Crippen molar-refractivity contribution in [3.05, 3.63) is 65.0 Å². The molecule has 0 bridgehead atoms. The van der Waals surface area contributed by atoms with E-state index in [9.17, 15) is 5.26 Å². The van der Waals surface area contributed by atoms with Crippen molar-refractivity contribution < 1.29 is 4.52 Å². The Balaban J connectivity index is 1.54. The van der Waals surface area contributed by atoms with E-state index in [1.807, 2.05) is 13.8 Å². The van der Waals surface area contributed by atoms with Crippen LogP contribution < -0.4 is 4.90 Å². The zero-order valence-electron chi connectivity index (χ0n) is 20.0. The van der Waals surface area contributed by atoms with Crippen LogP contribution in [-0.4, -0.2) is 11.7 Å². The van der Waals surface area contributed by atoms with Crippen LogP contribution in [0, 0.1) is 38.0 Å². The third kappa shape index (κ3) is 4.17. The molecule has 0 spiro atoms. The Morgan fingerprint density at radius 3 is 2.36 bits per heavy atom. The Hall–Kier alpha value is -3.06. The van der Waals surface area contributed by atoms with Gasteiger partial charge in [0.15, 0.2) is 0 Å². The Labute approximate surface area is 197 Å². The Morgan fingerprint density at radius 2 is 1.76 bits per heavy atom. The van der Waals surface area contributed by atoms with Gasteiger partial charge in [0.25, 0.3) is 0 Å². The highest BCUT2D eigenvalue weighted by molar-refractivity contribution is 5.76. The van der Waals surface area contributed by atoms with E-state index in [1.165, 1.54) is 49.0 Å². The molecule has 0 saturated heterocycles. The summed E-state index contributed by atoms with van der Waals surface area (Å²) in [5.41, 5.74) is 7.80. The summed E-state index contributed by atoms with van der Waals surface area (Å²) in [5, 5.41) is 13.8. The SMILES string of the molecule is Cc1ccc(-c2c(C)noc2C)cc1N(CC1CCCCC1)c1ccc(C2(C#N)CC2)cc1. The first-order valence-corrected chi connectivity index (χ1v) is 12.3. The Morgan fingerprint density at radius 1 is 1.03 bits per heavy atom. The van der Waals surface area contributed by atoms with Gasteiger partial charge in [-0.15, -0.1) is 0 Å². The van der Waals surface area contributed by atoms with Crippen LogP contribution in [0.25, 0.3) is 11.1 Å². The second-order valence-corrected chi connectivity index (χ2v) is 10.1. The summed E-state index contributed by atoms with van der Waals surface area (Å²) in [6.45, 7) is 7.21. The molecule has 4 heteroatoms. The normalized spacial score (nSPS) is 17.5. The summed E-state index contributed by atoms with van der Waals surface area (Å²) < 4.78 is 5.46. The van der Waals surface area contributed by atoms with Gasteiger partial charge in [0.1, 0.15) is 5.76 Å². The van der Waals surface area contributed by atoms with Crippen molar-refractivity contribution in [2.24, 2.45) is 5.92 Å². The van der Waals surface area contributed by atoms with Crippen LogP contribution in [0.15, 0.2) is 47.0 Å². The lowest BCUT2D eigenvalue weighted by Crippen LogP contribution is -2.27. The zero-order chi connectivity index (χ0) is 23.0. The lowest BCUT2D eigenvalue weighted by atomic mass is 9.88. The van der Waals surface area contributed by atoms with Gasteiger partial charge in [0, 0.05) is 23.5 Å². The van der Waals surface area contributed by atoms with Gasteiger partial charge in [-0.2, -0.15) is 5.26 Å². The van der Waals surface area contributed by atoms with Crippen molar-refractivity contribution >= 4 is 11.4 Å². The highest BCUT2D eigenvalue weighted by atomic mass is 16.5. The maximum absolute atomic E-state index is 9.61. The first kappa shape index (κ1) is 21.8. The van der Waals surface area contributed by atoms with Crippen LogP contribution in [0.4, 0.5) is 11.4 Å². The molecule has 0 aliphatic heterocycles. The predicted octanol–water partition coefficient (Wildman–Crippen LogP) is 7.54. The highest BCUT2D eigenvalue weighted by Gasteiger charge is 2.44. The van der Waals surface area contributed by atoms with Gasteiger partial charge in [-0.05, 0) is 87.3 Å². The molecule has 0 N–H and O–H groups in total. The molecule has 2 aliphatic carbocycles. The maximum Gasteiger partial charge on any atom is 0.141 e. The molecular formula is C29H33N3O. The first-order valence-electron chi connectivity index (χ1n) is 12.3. The summed E-state index contributed by atoms with van der Waals surface area (Å²) in [4.78, 5) is 2.50. The number of anilines is 2. The lowest BCUT2D eigenvalue weighted by Gasteiger charge is -2.33. The topological polar surface area (TPSA) is 53.1 Å². The van der Waals surface area contributed by atoms with Gasteiger partial charge in [-0.1, -0.05) is 48.7 Å². The van der Waals surface area contributed by atoms with Crippen LogP contribution in [0.1, 0.15) is 67.5 Å². The zero-order valence-corrected chi connectivity index (χ0v) is 20.0. The average Bonchev–Trinajstić information content (AvgIpc) is 3.58. The van der Waals surface area contributed by atoms with Crippen molar-refractivity contribution in [2.45, 2.75) is 71.1 Å². The van der Waals surface area contributed by atoms with E-state index in [4.69, 9.17) is 4.52 Å². The van der Waals surface area contributed by atoms with Crippen LogP contribution >= 0.6 is 0 Å². The molecule has 2 aromatic carbocycles. The quantitative estimate of drug-likeness (QED) is 0.398. The molecule has 2 aliphatic rings. The molecule has 0 unspecified atom stereocenters. The van der Waals surface area contributed by atoms with Gasteiger partial charge in [-0.25, -0.2) is 0 Å².